The fourth-order valence-electron chi connectivity index (χ4n) is 2.55. The maximum atomic E-state index is 11.9. The van der Waals surface area contributed by atoms with Gasteiger partial charge < -0.3 is 5.11 Å². The van der Waals surface area contributed by atoms with Crippen LogP contribution in [0.25, 0.3) is 0 Å². The first-order chi connectivity index (χ1) is 9.44. The van der Waals surface area contributed by atoms with Crippen molar-refractivity contribution in [1.29, 1.82) is 0 Å². The molecule has 0 amide bonds. The number of hydrogen-bond acceptors (Lipinski definition) is 3. The van der Waals surface area contributed by atoms with Crippen molar-refractivity contribution in [2.24, 2.45) is 0 Å². The van der Waals surface area contributed by atoms with Gasteiger partial charge in [0.1, 0.15) is 0 Å². The van der Waals surface area contributed by atoms with Crippen LogP contribution in [0.15, 0.2) is 24.3 Å². The summed E-state index contributed by atoms with van der Waals surface area (Å²) in [4.78, 5) is 10.8. The van der Waals surface area contributed by atoms with Crippen LogP contribution < -0.4 is 0 Å². The number of carbonyl (C=O) groups is 1. The Labute approximate surface area is 119 Å². The SMILES string of the molecule is CCS(=O)(=O)N1CCCC(c2ccc(C(=O)O)cc2)C1. The molecule has 1 saturated heterocycles. The summed E-state index contributed by atoms with van der Waals surface area (Å²) in [5, 5.41) is 8.88. The highest BCUT2D eigenvalue weighted by atomic mass is 32.2. The molecule has 0 saturated carbocycles. The molecule has 1 unspecified atom stereocenters. The maximum absolute atomic E-state index is 11.9. The molecule has 1 heterocycles. The predicted octanol–water partition coefficient (Wildman–Crippen LogP) is 1.91. The number of hydrogen-bond donors (Lipinski definition) is 1. The van der Waals surface area contributed by atoms with Gasteiger partial charge in [-0.15, -0.1) is 0 Å². The zero-order chi connectivity index (χ0) is 14.8. The number of nitrogens with zero attached hydrogens (tertiary/aromatic N) is 1. The Morgan fingerprint density at radius 3 is 2.55 bits per heavy atom. The smallest absolute Gasteiger partial charge is 0.335 e. The summed E-state index contributed by atoms with van der Waals surface area (Å²) in [7, 11) is -3.14. The van der Waals surface area contributed by atoms with Crippen LogP contribution in [0.5, 0.6) is 0 Å². The molecule has 20 heavy (non-hydrogen) atoms. The first-order valence-electron chi connectivity index (χ1n) is 6.75. The molecule has 0 spiro atoms. The van der Waals surface area contributed by atoms with Gasteiger partial charge in [0.05, 0.1) is 11.3 Å². The maximum Gasteiger partial charge on any atom is 0.335 e. The van der Waals surface area contributed by atoms with Gasteiger partial charge in [-0.05, 0) is 43.4 Å². The van der Waals surface area contributed by atoms with E-state index in [0.29, 0.717) is 13.1 Å². The molecule has 5 nitrogen and oxygen atoms in total. The summed E-state index contributed by atoms with van der Waals surface area (Å²) >= 11 is 0. The molecule has 0 bridgehead atoms. The minimum atomic E-state index is -3.14. The van der Waals surface area contributed by atoms with E-state index in [1.165, 1.54) is 0 Å². The lowest BCUT2D eigenvalue weighted by Crippen LogP contribution is -2.39. The van der Waals surface area contributed by atoms with E-state index in [4.69, 9.17) is 5.11 Å². The van der Waals surface area contributed by atoms with Gasteiger partial charge in [0.15, 0.2) is 0 Å². The second-order valence-corrected chi connectivity index (χ2v) is 7.28. The summed E-state index contributed by atoms with van der Waals surface area (Å²) < 4.78 is 25.4. The standard InChI is InChI=1S/C14H19NO4S/c1-2-20(18,19)15-9-3-4-13(10-15)11-5-7-12(8-6-11)14(16)17/h5-8,13H,2-4,9-10H2,1H3,(H,16,17). The van der Waals surface area contributed by atoms with Gasteiger partial charge in [-0.2, -0.15) is 0 Å². The van der Waals surface area contributed by atoms with Crippen LogP contribution in [-0.2, 0) is 10.0 Å². The molecule has 1 aliphatic rings. The minimum Gasteiger partial charge on any atom is -0.478 e. The molecule has 0 aromatic heterocycles. The summed E-state index contributed by atoms with van der Waals surface area (Å²) in [6.07, 6.45) is 1.77. The molecule has 6 heteroatoms. The van der Waals surface area contributed by atoms with Crippen molar-refractivity contribution >= 4 is 16.0 Å². The number of sulfonamides is 1. The van der Waals surface area contributed by atoms with Crippen molar-refractivity contribution in [3.8, 4) is 0 Å². The third kappa shape index (κ3) is 3.19. The molecular formula is C14H19NO4S. The fourth-order valence-corrected chi connectivity index (χ4v) is 3.73. The number of piperidine rings is 1. The number of carboxylic acid groups (broad SMARTS) is 1. The van der Waals surface area contributed by atoms with Crippen LogP contribution >= 0.6 is 0 Å². The number of carboxylic acids is 1. The molecule has 0 radical (unpaired) electrons. The van der Waals surface area contributed by atoms with E-state index >= 15 is 0 Å². The van der Waals surface area contributed by atoms with Crippen molar-refractivity contribution < 1.29 is 18.3 Å². The van der Waals surface area contributed by atoms with E-state index in [2.05, 4.69) is 0 Å². The van der Waals surface area contributed by atoms with Crippen LogP contribution in [-0.4, -0.2) is 42.6 Å². The molecule has 110 valence electrons. The topological polar surface area (TPSA) is 74.7 Å². The Bertz CT molecular complexity index is 580. The van der Waals surface area contributed by atoms with E-state index < -0.39 is 16.0 Å². The summed E-state index contributed by atoms with van der Waals surface area (Å²) in [6.45, 7) is 2.73. The summed E-state index contributed by atoms with van der Waals surface area (Å²) in [5.41, 5.74) is 1.26. The Morgan fingerprint density at radius 1 is 1.35 bits per heavy atom. The Kier molecular flexibility index (Phi) is 4.45. The molecule has 1 aliphatic heterocycles. The quantitative estimate of drug-likeness (QED) is 0.921. The molecule has 1 N–H and O–H groups in total. The van der Waals surface area contributed by atoms with Crippen LogP contribution in [0, 0.1) is 0 Å². The summed E-state index contributed by atoms with van der Waals surface area (Å²) in [5.74, 6) is -0.680. The number of aromatic carboxylic acids is 1. The van der Waals surface area contributed by atoms with Gasteiger partial charge in [-0.1, -0.05) is 12.1 Å². The Balaban J connectivity index is 2.15. The Morgan fingerprint density at radius 2 is 2.00 bits per heavy atom. The third-order valence-electron chi connectivity index (χ3n) is 3.77. The monoisotopic (exact) mass is 297 g/mol. The normalized spacial score (nSPS) is 20.8. The second-order valence-electron chi connectivity index (χ2n) is 5.02. The highest BCUT2D eigenvalue weighted by Gasteiger charge is 2.28. The van der Waals surface area contributed by atoms with E-state index in [1.807, 2.05) is 0 Å². The van der Waals surface area contributed by atoms with Crippen LogP contribution in [0.3, 0.4) is 0 Å². The predicted molar refractivity (Wildman–Crippen MR) is 76.4 cm³/mol. The molecule has 2 rings (SSSR count). The van der Waals surface area contributed by atoms with E-state index in [0.717, 1.165) is 18.4 Å². The lowest BCUT2D eigenvalue weighted by atomic mass is 9.91. The first kappa shape index (κ1) is 15.0. The largest absolute Gasteiger partial charge is 0.478 e. The van der Waals surface area contributed by atoms with Crippen molar-refractivity contribution in [3.05, 3.63) is 35.4 Å². The number of benzene rings is 1. The van der Waals surface area contributed by atoms with Gasteiger partial charge in [0.25, 0.3) is 0 Å². The molecule has 0 aliphatic carbocycles. The van der Waals surface area contributed by atoms with Crippen LogP contribution in [0.2, 0.25) is 0 Å². The van der Waals surface area contributed by atoms with Crippen LogP contribution in [0.1, 0.15) is 41.6 Å². The van der Waals surface area contributed by atoms with Gasteiger partial charge in [0, 0.05) is 13.1 Å². The van der Waals surface area contributed by atoms with Crippen LogP contribution in [0.4, 0.5) is 0 Å². The minimum absolute atomic E-state index is 0.123. The van der Waals surface area contributed by atoms with Crippen molar-refractivity contribution in [2.75, 3.05) is 18.8 Å². The third-order valence-corrected chi connectivity index (χ3v) is 5.62. The molecule has 1 atom stereocenters. The van der Waals surface area contributed by atoms with Gasteiger partial charge in [-0.25, -0.2) is 17.5 Å². The van der Waals surface area contributed by atoms with Crippen molar-refractivity contribution in [1.82, 2.24) is 4.31 Å². The molecule has 1 fully saturated rings. The Hall–Kier alpha value is -1.40. The van der Waals surface area contributed by atoms with E-state index in [9.17, 15) is 13.2 Å². The van der Waals surface area contributed by atoms with E-state index in [-0.39, 0.29) is 17.2 Å². The van der Waals surface area contributed by atoms with Gasteiger partial charge in [-0.3, -0.25) is 0 Å². The van der Waals surface area contributed by atoms with Crippen molar-refractivity contribution in [3.63, 3.8) is 0 Å². The molecular weight excluding hydrogens is 278 g/mol. The lowest BCUT2D eigenvalue weighted by Gasteiger charge is -2.32. The first-order valence-corrected chi connectivity index (χ1v) is 8.36. The zero-order valence-electron chi connectivity index (χ0n) is 11.4. The van der Waals surface area contributed by atoms with Gasteiger partial charge in [0.2, 0.25) is 10.0 Å². The molecule has 1 aromatic carbocycles. The second kappa shape index (κ2) is 5.93. The molecule has 1 aromatic rings. The van der Waals surface area contributed by atoms with Gasteiger partial charge >= 0.3 is 5.97 Å². The highest BCUT2D eigenvalue weighted by Crippen LogP contribution is 2.28. The zero-order valence-corrected chi connectivity index (χ0v) is 12.3. The summed E-state index contributed by atoms with van der Waals surface area (Å²) in [6, 6.07) is 6.72. The highest BCUT2D eigenvalue weighted by molar-refractivity contribution is 7.89. The number of rotatable bonds is 4. The fraction of sp³-hybridized carbons (Fsp3) is 0.500. The van der Waals surface area contributed by atoms with Crippen molar-refractivity contribution in [2.45, 2.75) is 25.7 Å². The average Bonchev–Trinajstić information content (AvgIpc) is 2.47. The lowest BCUT2D eigenvalue weighted by molar-refractivity contribution is 0.0697. The average molecular weight is 297 g/mol. The van der Waals surface area contributed by atoms with E-state index in [1.54, 1.807) is 35.5 Å².